The van der Waals surface area contributed by atoms with Gasteiger partial charge in [0.05, 0.1) is 6.10 Å². The first-order valence-corrected chi connectivity index (χ1v) is 6.99. The average molecular weight is 248 g/mol. The Morgan fingerprint density at radius 3 is 3.00 bits per heavy atom. The Hall–Kier alpha value is -1.06. The summed E-state index contributed by atoms with van der Waals surface area (Å²) in [5.74, 6) is 0. The normalized spacial score (nSPS) is 20.8. The molecule has 2 rings (SSSR count). The van der Waals surface area contributed by atoms with Gasteiger partial charge in [0.15, 0.2) is 0 Å². The molecule has 3 nitrogen and oxygen atoms in total. The smallest absolute Gasteiger partial charge is 0.0747 e. The standard InChI is InChI=1S/C15H24N2O/c1-2-14-12-17(10-5-11-18-14)15-7-4-3-6-13(15)8-9-16/h3-4,6-7,14H,2,5,8-12,16H2,1H3. The zero-order valence-electron chi connectivity index (χ0n) is 11.3. The van der Waals surface area contributed by atoms with Gasteiger partial charge in [0.25, 0.3) is 0 Å². The second-order valence-electron chi connectivity index (χ2n) is 4.87. The molecule has 100 valence electrons. The van der Waals surface area contributed by atoms with Gasteiger partial charge in [-0.2, -0.15) is 0 Å². The molecule has 1 aliphatic heterocycles. The molecule has 1 unspecified atom stereocenters. The number of nitrogens with two attached hydrogens (primary N) is 1. The largest absolute Gasteiger partial charge is 0.376 e. The van der Waals surface area contributed by atoms with Crippen molar-refractivity contribution < 1.29 is 4.74 Å². The van der Waals surface area contributed by atoms with E-state index in [1.807, 2.05) is 0 Å². The van der Waals surface area contributed by atoms with E-state index in [0.717, 1.165) is 39.0 Å². The summed E-state index contributed by atoms with van der Waals surface area (Å²) in [6, 6.07) is 8.61. The van der Waals surface area contributed by atoms with Crippen molar-refractivity contribution in [2.45, 2.75) is 32.3 Å². The van der Waals surface area contributed by atoms with E-state index in [-0.39, 0.29) is 0 Å². The molecule has 0 bridgehead atoms. The van der Waals surface area contributed by atoms with Crippen LogP contribution in [0.1, 0.15) is 25.3 Å². The molecular weight excluding hydrogens is 224 g/mol. The number of anilines is 1. The van der Waals surface area contributed by atoms with Crippen LogP contribution in [0.25, 0.3) is 0 Å². The second-order valence-corrected chi connectivity index (χ2v) is 4.87. The number of ether oxygens (including phenoxy) is 1. The fraction of sp³-hybridized carbons (Fsp3) is 0.600. The Kier molecular flexibility index (Phi) is 5.02. The molecule has 1 aromatic rings. The van der Waals surface area contributed by atoms with E-state index in [0.29, 0.717) is 12.6 Å². The summed E-state index contributed by atoms with van der Waals surface area (Å²) in [7, 11) is 0. The van der Waals surface area contributed by atoms with Gasteiger partial charge in [0.2, 0.25) is 0 Å². The maximum Gasteiger partial charge on any atom is 0.0747 e. The molecular formula is C15H24N2O. The highest BCUT2D eigenvalue weighted by atomic mass is 16.5. The van der Waals surface area contributed by atoms with Gasteiger partial charge in [-0.25, -0.2) is 0 Å². The van der Waals surface area contributed by atoms with E-state index in [2.05, 4.69) is 36.1 Å². The number of rotatable bonds is 4. The van der Waals surface area contributed by atoms with Gasteiger partial charge in [-0.3, -0.25) is 0 Å². The molecule has 18 heavy (non-hydrogen) atoms. The average Bonchev–Trinajstić information content (AvgIpc) is 2.65. The van der Waals surface area contributed by atoms with Crippen molar-refractivity contribution in [2.24, 2.45) is 5.73 Å². The first-order chi connectivity index (χ1) is 8.85. The van der Waals surface area contributed by atoms with E-state index in [4.69, 9.17) is 10.5 Å². The highest BCUT2D eigenvalue weighted by Crippen LogP contribution is 2.23. The van der Waals surface area contributed by atoms with Gasteiger partial charge in [-0.15, -0.1) is 0 Å². The Morgan fingerprint density at radius 1 is 1.39 bits per heavy atom. The van der Waals surface area contributed by atoms with Crippen molar-refractivity contribution in [3.05, 3.63) is 29.8 Å². The zero-order valence-corrected chi connectivity index (χ0v) is 11.3. The Labute approximate surface area is 110 Å². The quantitative estimate of drug-likeness (QED) is 0.887. The Morgan fingerprint density at radius 2 is 2.22 bits per heavy atom. The molecule has 1 fully saturated rings. The van der Waals surface area contributed by atoms with Gasteiger partial charge >= 0.3 is 0 Å². The molecule has 2 N–H and O–H groups in total. The topological polar surface area (TPSA) is 38.5 Å². The first-order valence-electron chi connectivity index (χ1n) is 6.99. The number of hydrogen-bond donors (Lipinski definition) is 1. The van der Waals surface area contributed by atoms with Crippen LogP contribution in [-0.2, 0) is 11.2 Å². The summed E-state index contributed by atoms with van der Waals surface area (Å²) in [5.41, 5.74) is 8.40. The molecule has 0 saturated carbocycles. The summed E-state index contributed by atoms with van der Waals surface area (Å²) < 4.78 is 5.84. The molecule has 1 aliphatic rings. The third-order valence-corrected chi connectivity index (χ3v) is 3.55. The third-order valence-electron chi connectivity index (χ3n) is 3.55. The second kappa shape index (κ2) is 6.76. The van der Waals surface area contributed by atoms with Gasteiger partial charge in [0.1, 0.15) is 0 Å². The van der Waals surface area contributed by atoms with E-state index >= 15 is 0 Å². The van der Waals surface area contributed by atoms with Crippen LogP contribution in [0.3, 0.4) is 0 Å². The molecule has 0 radical (unpaired) electrons. The summed E-state index contributed by atoms with van der Waals surface area (Å²) >= 11 is 0. The predicted octanol–water partition coefficient (Wildman–Crippen LogP) is 2.19. The Bertz CT molecular complexity index is 367. The van der Waals surface area contributed by atoms with Crippen LogP contribution in [0.2, 0.25) is 0 Å². The monoisotopic (exact) mass is 248 g/mol. The molecule has 1 heterocycles. The molecule has 1 saturated heterocycles. The molecule has 0 aliphatic carbocycles. The van der Waals surface area contributed by atoms with Gasteiger partial charge in [0, 0.05) is 25.4 Å². The number of para-hydroxylation sites is 1. The van der Waals surface area contributed by atoms with Gasteiger partial charge in [-0.1, -0.05) is 25.1 Å². The van der Waals surface area contributed by atoms with Crippen LogP contribution in [-0.4, -0.2) is 32.3 Å². The minimum Gasteiger partial charge on any atom is -0.376 e. The molecule has 1 atom stereocenters. The number of hydrogen-bond acceptors (Lipinski definition) is 3. The van der Waals surface area contributed by atoms with Crippen LogP contribution in [0.15, 0.2) is 24.3 Å². The van der Waals surface area contributed by atoms with E-state index in [1.165, 1.54) is 11.3 Å². The fourth-order valence-electron chi connectivity index (χ4n) is 2.55. The van der Waals surface area contributed by atoms with Gasteiger partial charge < -0.3 is 15.4 Å². The number of benzene rings is 1. The minimum absolute atomic E-state index is 0.360. The van der Waals surface area contributed by atoms with E-state index in [1.54, 1.807) is 0 Å². The van der Waals surface area contributed by atoms with Crippen molar-refractivity contribution in [3.8, 4) is 0 Å². The van der Waals surface area contributed by atoms with Crippen molar-refractivity contribution in [1.29, 1.82) is 0 Å². The lowest BCUT2D eigenvalue weighted by molar-refractivity contribution is 0.0664. The fourth-order valence-corrected chi connectivity index (χ4v) is 2.55. The Balaban J connectivity index is 2.17. The lowest BCUT2D eigenvalue weighted by Gasteiger charge is -2.27. The highest BCUT2D eigenvalue weighted by molar-refractivity contribution is 5.54. The van der Waals surface area contributed by atoms with E-state index in [9.17, 15) is 0 Å². The van der Waals surface area contributed by atoms with Gasteiger partial charge in [-0.05, 0) is 37.4 Å². The van der Waals surface area contributed by atoms with Crippen molar-refractivity contribution in [3.63, 3.8) is 0 Å². The van der Waals surface area contributed by atoms with Crippen molar-refractivity contribution >= 4 is 5.69 Å². The van der Waals surface area contributed by atoms with Crippen molar-refractivity contribution in [2.75, 3.05) is 31.1 Å². The van der Waals surface area contributed by atoms with Crippen LogP contribution in [0.4, 0.5) is 5.69 Å². The van der Waals surface area contributed by atoms with E-state index < -0.39 is 0 Å². The highest BCUT2D eigenvalue weighted by Gasteiger charge is 2.18. The molecule has 0 amide bonds. The first kappa shape index (κ1) is 13.4. The van der Waals surface area contributed by atoms with Crippen LogP contribution >= 0.6 is 0 Å². The minimum atomic E-state index is 0.360. The lowest BCUT2D eigenvalue weighted by atomic mass is 10.1. The zero-order chi connectivity index (χ0) is 12.8. The molecule has 0 spiro atoms. The van der Waals surface area contributed by atoms with Crippen molar-refractivity contribution in [1.82, 2.24) is 0 Å². The third kappa shape index (κ3) is 3.24. The SMILES string of the molecule is CCC1CN(c2ccccc2CCN)CCCO1. The molecule has 3 heteroatoms. The lowest BCUT2D eigenvalue weighted by Crippen LogP contribution is -2.32. The van der Waals surface area contributed by atoms with Crippen LogP contribution in [0.5, 0.6) is 0 Å². The molecule has 1 aromatic carbocycles. The van der Waals surface area contributed by atoms with Crippen LogP contribution in [0, 0.1) is 0 Å². The summed E-state index contributed by atoms with van der Waals surface area (Å²) in [5, 5.41) is 0. The summed E-state index contributed by atoms with van der Waals surface area (Å²) in [4.78, 5) is 2.46. The maximum absolute atomic E-state index is 5.84. The number of nitrogens with zero attached hydrogens (tertiary/aromatic N) is 1. The summed E-state index contributed by atoms with van der Waals surface area (Å²) in [6.07, 6.45) is 3.49. The maximum atomic E-state index is 5.84. The predicted molar refractivity (Wildman–Crippen MR) is 76.1 cm³/mol. The molecule has 0 aromatic heterocycles. The van der Waals surface area contributed by atoms with Crippen LogP contribution < -0.4 is 10.6 Å². The summed E-state index contributed by atoms with van der Waals surface area (Å²) in [6.45, 7) is 5.86.